The second-order valence-corrected chi connectivity index (χ2v) is 6.55. The Kier molecular flexibility index (Phi) is 3.90. The summed E-state index contributed by atoms with van der Waals surface area (Å²) in [5, 5.41) is 9.39. The van der Waals surface area contributed by atoms with Crippen LogP contribution in [0.1, 0.15) is 24.3 Å². The molecule has 1 fully saturated rings. The fraction of sp³-hybridized carbons (Fsp3) is 0.333. The quantitative estimate of drug-likeness (QED) is 0.725. The van der Waals surface area contributed by atoms with Crippen molar-refractivity contribution in [3.63, 3.8) is 0 Å². The third kappa shape index (κ3) is 2.54. The lowest BCUT2D eigenvalue weighted by Gasteiger charge is -2.34. The zero-order chi connectivity index (χ0) is 16.6. The molecule has 0 atom stereocenters. The van der Waals surface area contributed by atoms with Crippen molar-refractivity contribution in [2.75, 3.05) is 13.2 Å². The van der Waals surface area contributed by atoms with Crippen molar-refractivity contribution in [3.05, 3.63) is 59.1 Å². The molecule has 6 heteroatoms. The van der Waals surface area contributed by atoms with Crippen molar-refractivity contribution in [1.29, 1.82) is 0 Å². The summed E-state index contributed by atoms with van der Waals surface area (Å²) in [6.45, 7) is 1.34. The van der Waals surface area contributed by atoms with Crippen LogP contribution in [0.15, 0.2) is 47.0 Å². The van der Waals surface area contributed by atoms with E-state index in [4.69, 9.17) is 20.8 Å². The first-order chi connectivity index (χ1) is 11.7. The van der Waals surface area contributed by atoms with Gasteiger partial charge in [-0.1, -0.05) is 23.7 Å². The van der Waals surface area contributed by atoms with Crippen LogP contribution in [-0.2, 0) is 17.2 Å². The number of benzene rings is 1. The maximum absolute atomic E-state index is 6.10. The Labute approximate surface area is 145 Å². The molecule has 0 bridgehead atoms. The first kappa shape index (κ1) is 15.4. The minimum Gasteiger partial charge on any atom is -0.418 e. The first-order valence-electron chi connectivity index (χ1n) is 7.98. The van der Waals surface area contributed by atoms with Crippen LogP contribution >= 0.6 is 11.6 Å². The largest absolute Gasteiger partial charge is 0.418 e. The van der Waals surface area contributed by atoms with E-state index in [1.54, 1.807) is 0 Å². The van der Waals surface area contributed by atoms with E-state index in [1.807, 2.05) is 54.2 Å². The summed E-state index contributed by atoms with van der Waals surface area (Å²) in [6.07, 6.45) is 3.58. The molecule has 3 heterocycles. The molecule has 0 spiro atoms. The molecule has 0 radical (unpaired) electrons. The maximum Gasteiger partial charge on any atom is 0.264 e. The highest BCUT2D eigenvalue weighted by molar-refractivity contribution is 6.30. The van der Waals surface area contributed by atoms with E-state index in [2.05, 4.69) is 10.2 Å². The number of aromatic nitrogens is 3. The van der Waals surface area contributed by atoms with Crippen molar-refractivity contribution < 1.29 is 9.15 Å². The van der Waals surface area contributed by atoms with Crippen molar-refractivity contribution in [1.82, 2.24) is 14.8 Å². The van der Waals surface area contributed by atoms with Crippen LogP contribution in [-0.4, -0.2) is 28.0 Å². The smallest absolute Gasteiger partial charge is 0.264 e. The fourth-order valence-corrected chi connectivity index (χ4v) is 3.44. The SMILES string of the molecule is Cn1cccc1-c1nnc(C2(c3ccc(Cl)cc3)CCOCC2)o1. The van der Waals surface area contributed by atoms with Gasteiger partial charge in [0.25, 0.3) is 5.89 Å². The summed E-state index contributed by atoms with van der Waals surface area (Å²) in [4.78, 5) is 0. The summed E-state index contributed by atoms with van der Waals surface area (Å²) >= 11 is 6.05. The Morgan fingerprint density at radius 1 is 1.08 bits per heavy atom. The van der Waals surface area contributed by atoms with Crippen LogP contribution in [0, 0.1) is 0 Å². The Bertz CT molecular complexity index is 832. The van der Waals surface area contributed by atoms with E-state index in [0.29, 0.717) is 25.0 Å². The van der Waals surface area contributed by atoms with E-state index in [1.165, 1.54) is 0 Å². The molecule has 0 aliphatic carbocycles. The fourth-order valence-electron chi connectivity index (χ4n) is 3.32. The van der Waals surface area contributed by atoms with Crippen LogP contribution in [0.3, 0.4) is 0 Å². The third-order valence-corrected chi connectivity index (χ3v) is 4.99. The normalized spacial score (nSPS) is 17.1. The summed E-state index contributed by atoms with van der Waals surface area (Å²) < 4.78 is 13.6. The number of rotatable bonds is 3. The Morgan fingerprint density at radius 2 is 1.83 bits per heavy atom. The van der Waals surface area contributed by atoms with Gasteiger partial charge in [-0.05, 0) is 42.7 Å². The van der Waals surface area contributed by atoms with E-state index in [9.17, 15) is 0 Å². The van der Waals surface area contributed by atoms with Gasteiger partial charge in [-0.15, -0.1) is 10.2 Å². The van der Waals surface area contributed by atoms with Gasteiger partial charge in [0.2, 0.25) is 5.89 Å². The molecule has 3 aromatic rings. The first-order valence-corrected chi connectivity index (χ1v) is 8.36. The molecule has 1 saturated heterocycles. The molecule has 1 aromatic carbocycles. The molecule has 2 aromatic heterocycles. The van der Waals surface area contributed by atoms with Gasteiger partial charge in [0.1, 0.15) is 5.69 Å². The Hall–Kier alpha value is -2.11. The summed E-state index contributed by atoms with van der Waals surface area (Å²) in [6, 6.07) is 11.8. The van der Waals surface area contributed by atoms with Crippen molar-refractivity contribution >= 4 is 11.6 Å². The number of nitrogens with zero attached hydrogens (tertiary/aromatic N) is 3. The monoisotopic (exact) mass is 343 g/mol. The lowest BCUT2D eigenvalue weighted by atomic mass is 9.74. The number of halogens is 1. The highest BCUT2D eigenvalue weighted by atomic mass is 35.5. The molecule has 0 saturated carbocycles. The minimum atomic E-state index is -0.320. The predicted octanol–water partition coefficient (Wildman–Crippen LogP) is 3.83. The topological polar surface area (TPSA) is 53.1 Å². The Balaban J connectivity index is 1.79. The van der Waals surface area contributed by atoms with Crippen molar-refractivity contribution in [3.8, 4) is 11.6 Å². The number of aryl methyl sites for hydroxylation is 1. The molecular formula is C18H18ClN3O2. The van der Waals surface area contributed by atoms with Gasteiger partial charge < -0.3 is 13.7 Å². The van der Waals surface area contributed by atoms with Gasteiger partial charge in [0, 0.05) is 31.5 Å². The lowest BCUT2D eigenvalue weighted by molar-refractivity contribution is 0.0546. The molecule has 1 aliphatic heterocycles. The molecule has 0 amide bonds. The highest BCUT2D eigenvalue weighted by Gasteiger charge is 2.41. The van der Waals surface area contributed by atoms with E-state index < -0.39 is 0 Å². The Morgan fingerprint density at radius 3 is 2.50 bits per heavy atom. The highest BCUT2D eigenvalue weighted by Crippen LogP contribution is 2.41. The van der Waals surface area contributed by atoms with E-state index in [-0.39, 0.29) is 5.41 Å². The van der Waals surface area contributed by atoms with Crippen LogP contribution in [0.2, 0.25) is 5.02 Å². The van der Waals surface area contributed by atoms with E-state index in [0.717, 1.165) is 29.1 Å². The maximum atomic E-state index is 6.10. The van der Waals surface area contributed by atoms with Crippen LogP contribution in [0.25, 0.3) is 11.6 Å². The molecule has 0 N–H and O–H groups in total. The molecular weight excluding hydrogens is 326 g/mol. The van der Waals surface area contributed by atoms with Gasteiger partial charge in [0.15, 0.2) is 0 Å². The van der Waals surface area contributed by atoms with Gasteiger partial charge in [0.05, 0.1) is 5.41 Å². The molecule has 0 unspecified atom stereocenters. The average molecular weight is 344 g/mol. The number of hydrogen-bond donors (Lipinski definition) is 0. The summed E-state index contributed by atoms with van der Waals surface area (Å²) in [5.74, 6) is 1.18. The van der Waals surface area contributed by atoms with Crippen LogP contribution in [0.4, 0.5) is 0 Å². The van der Waals surface area contributed by atoms with Crippen molar-refractivity contribution in [2.45, 2.75) is 18.3 Å². The minimum absolute atomic E-state index is 0.320. The third-order valence-electron chi connectivity index (χ3n) is 4.74. The van der Waals surface area contributed by atoms with Crippen LogP contribution < -0.4 is 0 Å². The second-order valence-electron chi connectivity index (χ2n) is 6.12. The number of hydrogen-bond acceptors (Lipinski definition) is 4. The average Bonchev–Trinajstić information content (AvgIpc) is 3.25. The standard InChI is InChI=1S/C18H18ClN3O2/c1-22-10-2-3-15(22)16-20-21-17(24-16)18(8-11-23-12-9-18)13-4-6-14(19)7-5-13/h2-7,10H,8-9,11-12H2,1H3. The molecule has 4 rings (SSSR count). The van der Waals surface area contributed by atoms with Gasteiger partial charge in [-0.3, -0.25) is 0 Å². The molecule has 5 nitrogen and oxygen atoms in total. The second kappa shape index (κ2) is 6.07. The molecule has 24 heavy (non-hydrogen) atoms. The van der Waals surface area contributed by atoms with Crippen LogP contribution in [0.5, 0.6) is 0 Å². The van der Waals surface area contributed by atoms with Gasteiger partial charge >= 0.3 is 0 Å². The van der Waals surface area contributed by atoms with Gasteiger partial charge in [-0.2, -0.15) is 0 Å². The lowest BCUT2D eigenvalue weighted by Crippen LogP contribution is -2.35. The van der Waals surface area contributed by atoms with Gasteiger partial charge in [-0.25, -0.2) is 0 Å². The zero-order valence-corrected chi connectivity index (χ0v) is 14.2. The predicted molar refractivity (Wildman–Crippen MR) is 91.0 cm³/mol. The van der Waals surface area contributed by atoms with Crippen molar-refractivity contribution in [2.24, 2.45) is 7.05 Å². The summed E-state index contributed by atoms with van der Waals surface area (Å²) in [5.41, 5.74) is 1.73. The molecule has 1 aliphatic rings. The zero-order valence-electron chi connectivity index (χ0n) is 13.4. The van der Waals surface area contributed by atoms with E-state index >= 15 is 0 Å². The summed E-state index contributed by atoms with van der Waals surface area (Å²) in [7, 11) is 1.96. The number of ether oxygens (including phenoxy) is 1. The molecule has 124 valence electrons.